The van der Waals surface area contributed by atoms with Crippen LogP contribution in [-0.2, 0) is 6.54 Å². The zero-order valence-electron chi connectivity index (χ0n) is 16.0. The van der Waals surface area contributed by atoms with E-state index in [1.54, 1.807) is 0 Å². The van der Waals surface area contributed by atoms with E-state index in [0.717, 1.165) is 31.2 Å². The minimum atomic E-state index is 0. The van der Waals surface area contributed by atoms with Crippen molar-refractivity contribution >= 4 is 29.9 Å². The first-order valence-electron chi connectivity index (χ1n) is 8.74. The predicted molar refractivity (Wildman–Crippen MR) is 116 cm³/mol. The molecule has 0 heterocycles. The quantitative estimate of drug-likeness (QED) is 0.357. The standard InChI is InChI=1S/C19H31N5.HI/c1-6-21-19(22-11-12-24(15(2)3)16(4)5)23-14-18-9-7-17(13-20)8-10-18;/h7-10,15-16H,6,11-12,14H2,1-5H3,(H2,21,22,23);1H. The molecule has 0 saturated carbocycles. The van der Waals surface area contributed by atoms with Gasteiger partial charge in [0.15, 0.2) is 5.96 Å². The lowest BCUT2D eigenvalue weighted by Crippen LogP contribution is -2.45. The van der Waals surface area contributed by atoms with Gasteiger partial charge in [0.1, 0.15) is 0 Å². The Balaban J connectivity index is 0.00000576. The Bertz CT molecular complexity index is 538. The number of nitrogens with one attached hydrogen (secondary N) is 2. The molecule has 0 aromatic heterocycles. The number of hydrogen-bond acceptors (Lipinski definition) is 3. The van der Waals surface area contributed by atoms with Gasteiger partial charge in [-0.15, -0.1) is 24.0 Å². The molecule has 25 heavy (non-hydrogen) atoms. The van der Waals surface area contributed by atoms with Crippen molar-refractivity contribution < 1.29 is 0 Å². The second kappa shape index (κ2) is 13.0. The number of guanidine groups is 1. The molecule has 5 nitrogen and oxygen atoms in total. The van der Waals surface area contributed by atoms with E-state index in [-0.39, 0.29) is 24.0 Å². The Kier molecular flexibility index (Phi) is 12.3. The third-order valence-corrected chi connectivity index (χ3v) is 3.84. The van der Waals surface area contributed by atoms with E-state index in [0.29, 0.717) is 24.2 Å². The highest BCUT2D eigenvalue weighted by molar-refractivity contribution is 14.0. The van der Waals surface area contributed by atoms with Crippen molar-refractivity contribution in [1.82, 2.24) is 15.5 Å². The highest BCUT2D eigenvalue weighted by Crippen LogP contribution is 2.05. The van der Waals surface area contributed by atoms with E-state index in [1.807, 2.05) is 24.3 Å². The number of aliphatic imine (C=N–C) groups is 1. The number of hydrogen-bond donors (Lipinski definition) is 2. The van der Waals surface area contributed by atoms with Crippen LogP contribution in [-0.4, -0.2) is 42.6 Å². The topological polar surface area (TPSA) is 63.5 Å². The van der Waals surface area contributed by atoms with Crippen LogP contribution in [0.3, 0.4) is 0 Å². The summed E-state index contributed by atoms with van der Waals surface area (Å²) in [5, 5.41) is 15.5. The average Bonchev–Trinajstić information content (AvgIpc) is 2.56. The van der Waals surface area contributed by atoms with Crippen LogP contribution in [0.2, 0.25) is 0 Å². The van der Waals surface area contributed by atoms with Gasteiger partial charge in [-0.05, 0) is 52.3 Å². The third-order valence-electron chi connectivity index (χ3n) is 3.84. The molecule has 0 radical (unpaired) electrons. The Morgan fingerprint density at radius 1 is 1.12 bits per heavy atom. The molecule has 0 aliphatic rings. The Hall–Kier alpha value is -1.33. The highest BCUT2D eigenvalue weighted by atomic mass is 127. The molecular formula is C19H32IN5. The van der Waals surface area contributed by atoms with Gasteiger partial charge in [-0.2, -0.15) is 5.26 Å². The second-order valence-corrected chi connectivity index (χ2v) is 6.36. The van der Waals surface area contributed by atoms with Gasteiger partial charge >= 0.3 is 0 Å². The number of nitrogens with zero attached hydrogens (tertiary/aromatic N) is 3. The van der Waals surface area contributed by atoms with Crippen molar-refractivity contribution in [3.05, 3.63) is 35.4 Å². The largest absolute Gasteiger partial charge is 0.357 e. The summed E-state index contributed by atoms with van der Waals surface area (Å²) in [6.07, 6.45) is 0. The van der Waals surface area contributed by atoms with E-state index in [1.165, 1.54) is 0 Å². The molecule has 0 bridgehead atoms. The van der Waals surface area contributed by atoms with Gasteiger partial charge in [-0.25, -0.2) is 4.99 Å². The summed E-state index contributed by atoms with van der Waals surface area (Å²) in [4.78, 5) is 7.07. The molecule has 0 amide bonds. The van der Waals surface area contributed by atoms with Gasteiger partial charge in [0, 0.05) is 31.7 Å². The van der Waals surface area contributed by atoms with Gasteiger partial charge in [-0.1, -0.05) is 12.1 Å². The maximum Gasteiger partial charge on any atom is 0.191 e. The first-order valence-corrected chi connectivity index (χ1v) is 8.74. The minimum Gasteiger partial charge on any atom is -0.357 e. The minimum absolute atomic E-state index is 0. The van der Waals surface area contributed by atoms with Crippen molar-refractivity contribution in [1.29, 1.82) is 5.26 Å². The van der Waals surface area contributed by atoms with Gasteiger partial charge in [-0.3, -0.25) is 4.90 Å². The van der Waals surface area contributed by atoms with Crippen LogP contribution in [0.1, 0.15) is 45.7 Å². The van der Waals surface area contributed by atoms with E-state index in [2.05, 4.69) is 61.2 Å². The Morgan fingerprint density at radius 2 is 1.72 bits per heavy atom. The fraction of sp³-hybridized carbons (Fsp3) is 0.579. The maximum atomic E-state index is 8.83. The van der Waals surface area contributed by atoms with E-state index in [4.69, 9.17) is 5.26 Å². The first kappa shape index (κ1) is 23.7. The van der Waals surface area contributed by atoms with Gasteiger partial charge in [0.25, 0.3) is 0 Å². The molecule has 0 saturated heterocycles. The van der Waals surface area contributed by atoms with Crippen molar-refractivity contribution in [2.24, 2.45) is 4.99 Å². The number of nitriles is 1. The molecule has 0 atom stereocenters. The van der Waals surface area contributed by atoms with Crippen molar-refractivity contribution in [2.75, 3.05) is 19.6 Å². The number of halogens is 1. The van der Waals surface area contributed by atoms with Crippen molar-refractivity contribution in [3.8, 4) is 6.07 Å². The lowest BCUT2D eigenvalue weighted by molar-refractivity contribution is 0.178. The molecule has 6 heteroatoms. The fourth-order valence-corrected chi connectivity index (χ4v) is 2.61. The van der Waals surface area contributed by atoms with Crippen LogP contribution in [0.5, 0.6) is 0 Å². The van der Waals surface area contributed by atoms with Crippen molar-refractivity contribution in [3.63, 3.8) is 0 Å². The van der Waals surface area contributed by atoms with Crippen LogP contribution in [0.4, 0.5) is 0 Å². The second-order valence-electron chi connectivity index (χ2n) is 6.36. The molecule has 0 fully saturated rings. The summed E-state index contributed by atoms with van der Waals surface area (Å²) in [6, 6.07) is 10.7. The lowest BCUT2D eigenvalue weighted by Gasteiger charge is -2.30. The smallest absolute Gasteiger partial charge is 0.191 e. The van der Waals surface area contributed by atoms with Crippen LogP contribution < -0.4 is 10.6 Å². The predicted octanol–water partition coefficient (Wildman–Crippen LogP) is 3.35. The summed E-state index contributed by atoms with van der Waals surface area (Å²) < 4.78 is 0. The normalized spacial score (nSPS) is 11.4. The summed E-state index contributed by atoms with van der Waals surface area (Å²) in [7, 11) is 0. The van der Waals surface area contributed by atoms with Gasteiger partial charge in [0.05, 0.1) is 18.2 Å². The molecule has 0 aliphatic heterocycles. The molecule has 0 spiro atoms. The van der Waals surface area contributed by atoms with Gasteiger partial charge in [0.2, 0.25) is 0 Å². The third kappa shape index (κ3) is 9.07. The van der Waals surface area contributed by atoms with E-state index < -0.39 is 0 Å². The Morgan fingerprint density at radius 3 is 2.20 bits per heavy atom. The molecule has 0 unspecified atom stereocenters. The summed E-state index contributed by atoms with van der Waals surface area (Å²) >= 11 is 0. The molecule has 2 N–H and O–H groups in total. The summed E-state index contributed by atoms with van der Waals surface area (Å²) in [5.41, 5.74) is 1.77. The average molecular weight is 457 g/mol. The molecule has 1 rings (SSSR count). The Labute approximate surface area is 169 Å². The summed E-state index contributed by atoms with van der Waals surface area (Å²) in [6.45, 7) is 14.2. The molecular weight excluding hydrogens is 425 g/mol. The van der Waals surface area contributed by atoms with Crippen molar-refractivity contribution in [2.45, 2.75) is 53.2 Å². The van der Waals surface area contributed by atoms with Crippen LogP contribution in [0.15, 0.2) is 29.3 Å². The molecule has 0 aliphatic carbocycles. The SMILES string of the molecule is CCNC(=NCc1ccc(C#N)cc1)NCCN(C(C)C)C(C)C.I. The lowest BCUT2D eigenvalue weighted by atomic mass is 10.1. The van der Waals surface area contributed by atoms with Crippen LogP contribution in [0, 0.1) is 11.3 Å². The molecule has 1 aromatic rings. The monoisotopic (exact) mass is 457 g/mol. The van der Waals surface area contributed by atoms with Gasteiger partial charge < -0.3 is 10.6 Å². The van der Waals surface area contributed by atoms with E-state index in [9.17, 15) is 0 Å². The molecule has 1 aromatic carbocycles. The zero-order chi connectivity index (χ0) is 17.9. The maximum absolute atomic E-state index is 8.83. The molecule has 140 valence electrons. The fourth-order valence-electron chi connectivity index (χ4n) is 2.61. The van der Waals surface area contributed by atoms with Crippen LogP contribution in [0.25, 0.3) is 0 Å². The first-order chi connectivity index (χ1) is 11.5. The summed E-state index contributed by atoms with van der Waals surface area (Å²) in [5.74, 6) is 0.828. The number of rotatable bonds is 8. The van der Waals surface area contributed by atoms with Crippen LogP contribution >= 0.6 is 24.0 Å². The number of benzene rings is 1. The zero-order valence-corrected chi connectivity index (χ0v) is 18.4. The highest BCUT2D eigenvalue weighted by Gasteiger charge is 2.12. The van der Waals surface area contributed by atoms with E-state index >= 15 is 0 Å².